The number of nitrogens with one attached hydrogen (secondary N) is 4. The molecule has 0 heterocycles. The van der Waals surface area contributed by atoms with Gasteiger partial charge >= 0.3 is 6.03 Å². The Bertz CT molecular complexity index is 594. The summed E-state index contributed by atoms with van der Waals surface area (Å²) >= 11 is 0. The Morgan fingerprint density at radius 2 is 1.62 bits per heavy atom. The Hall–Kier alpha value is -2.57. The molecule has 1 saturated carbocycles. The molecule has 0 saturated heterocycles. The summed E-state index contributed by atoms with van der Waals surface area (Å²) in [7, 11) is 0. The van der Waals surface area contributed by atoms with Crippen molar-refractivity contribution >= 4 is 29.2 Å². The first-order valence-corrected chi connectivity index (χ1v) is 8.19. The molecule has 2 rings (SSSR count). The van der Waals surface area contributed by atoms with E-state index in [1.807, 2.05) is 0 Å². The number of amides is 4. The molecule has 130 valence electrons. The van der Waals surface area contributed by atoms with Crippen LogP contribution in [0, 0.1) is 0 Å². The van der Waals surface area contributed by atoms with Crippen molar-refractivity contribution in [2.45, 2.75) is 51.6 Å². The first-order valence-electron chi connectivity index (χ1n) is 8.19. The number of carbonyl (C=O) groups is 3. The van der Waals surface area contributed by atoms with E-state index in [1.54, 1.807) is 31.2 Å². The summed E-state index contributed by atoms with van der Waals surface area (Å²) in [6.07, 6.45) is 4.17. The molecule has 0 radical (unpaired) electrons. The van der Waals surface area contributed by atoms with Crippen molar-refractivity contribution in [1.29, 1.82) is 0 Å². The van der Waals surface area contributed by atoms with Crippen molar-refractivity contribution in [3.05, 3.63) is 24.3 Å². The highest BCUT2D eigenvalue weighted by Crippen LogP contribution is 2.17. The van der Waals surface area contributed by atoms with E-state index in [0.717, 1.165) is 31.4 Å². The second-order valence-corrected chi connectivity index (χ2v) is 6.07. The van der Waals surface area contributed by atoms with Crippen LogP contribution in [-0.2, 0) is 9.59 Å². The zero-order chi connectivity index (χ0) is 17.5. The van der Waals surface area contributed by atoms with Crippen LogP contribution < -0.4 is 21.3 Å². The van der Waals surface area contributed by atoms with Gasteiger partial charge in [0.1, 0.15) is 6.04 Å². The summed E-state index contributed by atoms with van der Waals surface area (Å²) in [4.78, 5) is 34.8. The van der Waals surface area contributed by atoms with Gasteiger partial charge in [-0.2, -0.15) is 0 Å². The Morgan fingerprint density at radius 3 is 2.21 bits per heavy atom. The lowest BCUT2D eigenvalue weighted by atomic mass is 10.2. The third-order valence-electron chi connectivity index (χ3n) is 3.91. The Balaban J connectivity index is 1.79. The van der Waals surface area contributed by atoms with Gasteiger partial charge in [-0.3, -0.25) is 14.9 Å². The predicted molar refractivity (Wildman–Crippen MR) is 92.8 cm³/mol. The number of benzene rings is 1. The largest absolute Gasteiger partial charge is 0.374 e. The lowest BCUT2D eigenvalue weighted by Gasteiger charge is -2.17. The van der Waals surface area contributed by atoms with Crippen LogP contribution in [0.25, 0.3) is 0 Å². The second kappa shape index (κ2) is 8.33. The fourth-order valence-electron chi connectivity index (χ4n) is 2.68. The molecular formula is C17H24N4O3. The number of carbonyl (C=O) groups excluding carboxylic acids is 3. The fourth-order valence-corrected chi connectivity index (χ4v) is 2.68. The second-order valence-electron chi connectivity index (χ2n) is 6.07. The molecule has 7 heteroatoms. The molecule has 4 N–H and O–H groups in total. The molecule has 0 bridgehead atoms. The lowest BCUT2D eigenvalue weighted by Crippen LogP contribution is -2.48. The fraction of sp³-hybridized carbons (Fsp3) is 0.471. The highest BCUT2D eigenvalue weighted by Gasteiger charge is 2.20. The van der Waals surface area contributed by atoms with Crippen LogP contribution in [0.5, 0.6) is 0 Å². The van der Waals surface area contributed by atoms with E-state index in [4.69, 9.17) is 0 Å². The normalized spacial score (nSPS) is 15.4. The van der Waals surface area contributed by atoms with Crippen LogP contribution in [0.1, 0.15) is 39.5 Å². The highest BCUT2D eigenvalue weighted by atomic mass is 16.2. The molecule has 7 nitrogen and oxygen atoms in total. The SMILES string of the molecule is CC(=O)Nc1ccc(NC(C)C(=O)NC(=O)NC2CCCC2)cc1. The van der Waals surface area contributed by atoms with Gasteiger partial charge in [-0.15, -0.1) is 0 Å². The van der Waals surface area contributed by atoms with Crippen LogP contribution in [0.15, 0.2) is 24.3 Å². The molecule has 1 atom stereocenters. The van der Waals surface area contributed by atoms with E-state index in [2.05, 4.69) is 21.3 Å². The van der Waals surface area contributed by atoms with Crippen molar-refractivity contribution in [1.82, 2.24) is 10.6 Å². The number of anilines is 2. The minimum absolute atomic E-state index is 0.142. The van der Waals surface area contributed by atoms with Crippen LogP contribution in [-0.4, -0.2) is 29.9 Å². The van der Waals surface area contributed by atoms with Crippen molar-refractivity contribution in [2.75, 3.05) is 10.6 Å². The summed E-state index contributed by atoms with van der Waals surface area (Å²) in [5.74, 6) is -0.534. The summed E-state index contributed by atoms with van der Waals surface area (Å²) in [5, 5.41) is 10.9. The number of imide groups is 1. The maximum atomic E-state index is 12.1. The minimum atomic E-state index is -0.564. The average molecular weight is 332 g/mol. The summed E-state index contributed by atoms with van der Waals surface area (Å²) in [5.41, 5.74) is 1.41. The van der Waals surface area contributed by atoms with Crippen molar-refractivity contribution < 1.29 is 14.4 Å². The lowest BCUT2D eigenvalue weighted by molar-refractivity contribution is -0.120. The average Bonchev–Trinajstić information content (AvgIpc) is 3.01. The third-order valence-corrected chi connectivity index (χ3v) is 3.91. The topological polar surface area (TPSA) is 99.3 Å². The minimum Gasteiger partial charge on any atom is -0.374 e. The number of hydrogen-bond acceptors (Lipinski definition) is 4. The van der Waals surface area contributed by atoms with Gasteiger partial charge in [0.15, 0.2) is 0 Å². The monoisotopic (exact) mass is 332 g/mol. The molecule has 24 heavy (non-hydrogen) atoms. The Labute approximate surface area is 141 Å². The van der Waals surface area contributed by atoms with Gasteiger partial charge in [0.2, 0.25) is 11.8 Å². The number of rotatable bonds is 5. The molecule has 1 aromatic carbocycles. The van der Waals surface area contributed by atoms with Gasteiger partial charge in [0, 0.05) is 24.3 Å². The molecule has 1 aromatic rings. The maximum absolute atomic E-state index is 12.1. The molecule has 1 fully saturated rings. The summed E-state index contributed by atoms with van der Waals surface area (Å²) < 4.78 is 0. The van der Waals surface area contributed by atoms with E-state index < -0.39 is 18.0 Å². The number of urea groups is 1. The van der Waals surface area contributed by atoms with Crippen LogP contribution in [0.3, 0.4) is 0 Å². The smallest absolute Gasteiger partial charge is 0.321 e. The zero-order valence-electron chi connectivity index (χ0n) is 14.0. The molecule has 0 aromatic heterocycles. The van der Waals surface area contributed by atoms with Crippen molar-refractivity contribution in [3.63, 3.8) is 0 Å². The molecular weight excluding hydrogens is 308 g/mol. The van der Waals surface area contributed by atoms with E-state index in [9.17, 15) is 14.4 Å². The molecule has 0 spiro atoms. The van der Waals surface area contributed by atoms with Gasteiger partial charge in [0.05, 0.1) is 0 Å². The number of hydrogen-bond donors (Lipinski definition) is 4. The summed E-state index contributed by atoms with van der Waals surface area (Å²) in [6.45, 7) is 3.12. The van der Waals surface area contributed by atoms with E-state index >= 15 is 0 Å². The van der Waals surface area contributed by atoms with E-state index in [-0.39, 0.29) is 11.9 Å². The predicted octanol–water partition coefficient (Wildman–Crippen LogP) is 2.21. The third kappa shape index (κ3) is 5.57. The van der Waals surface area contributed by atoms with Gasteiger partial charge in [0.25, 0.3) is 0 Å². The van der Waals surface area contributed by atoms with Crippen LogP contribution >= 0.6 is 0 Å². The van der Waals surface area contributed by atoms with Crippen molar-refractivity contribution in [2.24, 2.45) is 0 Å². The van der Waals surface area contributed by atoms with Gasteiger partial charge in [-0.25, -0.2) is 4.79 Å². The standard InChI is InChI=1S/C17H24N4O3/c1-11(16(23)21-17(24)20-13-5-3-4-6-13)18-14-7-9-15(10-8-14)19-12(2)22/h7-11,13,18H,3-6H2,1-2H3,(H,19,22)(H2,20,21,23,24). The maximum Gasteiger partial charge on any atom is 0.321 e. The van der Waals surface area contributed by atoms with Crippen LogP contribution in [0.4, 0.5) is 16.2 Å². The first-order chi connectivity index (χ1) is 11.4. The molecule has 4 amide bonds. The molecule has 1 aliphatic rings. The van der Waals surface area contributed by atoms with Gasteiger partial charge in [-0.1, -0.05) is 12.8 Å². The van der Waals surface area contributed by atoms with Gasteiger partial charge in [-0.05, 0) is 44.0 Å². The van der Waals surface area contributed by atoms with E-state index in [0.29, 0.717) is 5.69 Å². The Morgan fingerprint density at radius 1 is 1.04 bits per heavy atom. The molecule has 1 unspecified atom stereocenters. The zero-order valence-corrected chi connectivity index (χ0v) is 14.0. The quantitative estimate of drug-likeness (QED) is 0.664. The van der Waals surface area contributed by atoms with Crippen LogP contribution in [0.2, 0.25) is 0 Å². The van der Waals surface area contributed by atoms with Crippen molar-refractivity contribution in [3.8, 4) is 0 Å². The molecule has 1 aliphatic carbocycles. The Kier molecular flexibility index (Phi) is 6.17. The van der Waals surface area contributed by atoms with Gasteiger partial charge < -0.3 is 16.0 Å². The highest BCUT2D eigenvalue weighted by molar-refractivity contribution is 5.98. The summed E-state index contributed by atoms with van der Waals surface area (Å²) in [6, 6.07) is 6.15. The van der Waals surface area contributed by atoms with E-state index in [1.165, 1.54) is 6.92 Å². The molecule has 0 aliphatic heterocycles. The first kappa shape index (κ1) is 17.8.